The summed E-state index contributed by atoms with van der Waals surface area (Å²) in [7, 11) is 4.63. The zero-order valence-corrected chi connectivity index (χ0v) is 18.6. The zero-order chi connectivity index (χ0) is 21.6. The summed E-state index contributed by atoms with van der Waals surface area (Å²) in [5, 5.41) is 3.01. The molecule has 31 heavy (non-hydrogen) atoms. The summed E-state index contributed by atoms with van der Waals surface area (Å²) in [5.41, 5.74) is 3.08. The molecule has 0 radical (unpaired) electrons. The number of nitrogens with one attached hydrogen (secondary N) is 1. The summed E-state index contributed by atoms with van der Waals surface area (Å²) in [5.74, 6) is 3.96. The molecule has 6 rings (SSSR count). The number of anilines is 1. The van der Waals surface area contributed by atoms with Crippen LogP contribution in [0, 0.1) is 17.8 Å². The van der Waals surface area contributed by atoms with E-state index in [0.29, 0.717) is 28.2 Å². The van der Waals surface area contributed by atoms with Gasteiger partial charge in [-0.2, -0.15) is 0 Å². The highest BCUT2D eigenvalue weighted by molar-refractivity contribution is 6.05. The fraction of sp³-hybridized carbons (Fsp3) is 0.500. The molecule has 4 saturated carbocycles. The SMILES string of the molecule is COc1cc(C(=O)Nc2ccc(C34CC5CC(CC(C5)C3)C4)cc2)cc(OC)c1OC. The molecule has 1 N–H and O–H groups in total. The molecule has 2 aromatic carbocycles. The van der Waals surface area contributed by atoms with Crippen LogP contribution in [0.25, 0.3) is 0 Å². The van der Waals surface area contributed by atoms with Crippen molar-refractivity contribution < 1.29 is 19.0 Å². The molecule has 0 aromatic heterocycles. The van der Waals surface area contributed by atoms with Crippen molar-refractivity contribution in [2.24, 2.45) is 17.8 Å². The smallest absolute Gasteiger partial charge is 0.255 e. The third-order valence-corrected chi connectivity index (χ3v) is 7.72. The second-order valence-electron chi connectivity index (χ2n) is 9.64. The Bertz CT molecular complexity index is 921. The van der Waals surface area contributed by atoms with Crippen LogP contribution in [-0.4, -0.2) is 27.2 Å². The van der Waals surface area contributed by atoms with Crippen molar-refractivity contribution in [3.63, 3.8) is 0 Å². The highest BCUT2D eigenvalue weighted by atomic mass is 16.5. The molecule has 0 spiro atoms. The van der Waals surface area contributed by atoms with E-state index in [-0.39, 0.29) is 5.91 Å². The van der Waals surface area contributed by atoms with E-state index < -0.39 is 0 Å². The Labute approximate surface area is 184 Å². The molecule has 4 aliphatic rings. The molecule has 0 aliphatic heterocycles. The Kier molecular flexibility index (Phi) is 5.07. The largest absolute Gasteiger partial charge is 0.493 e. The average molecular weight is 422 g/mol. The lowest BCUT2D eigenvalue weighted by atomic mass is 9.48. The maximum atomic E-state index is 12.9. The van der Waals surface area contributed by atoms with E-state index in [4.69, 9.17) is 14.2 Å². The molecule has 5 nitrogen and oxygen atoms in total. The van der Waals surface area contributed by atoms with Crippen LogP contribution in [0.2, 0.25) is 0 Å². The first kappa shape index (κ1) is 20.2. The van der Waals surface area contributed by atoms with Crippen molar-refractivity contribution in [1.82, 2.24) is 0 Å². The van der Waals surface area contributed by atoms with E-state index in [9.17, 15) is 4.79 Å². The van der Waals surface area contributed by atoms with Gasteiger partial charge >= 0.3 is 0 Å². The van der Waals surface area contributed by atoms with Gasteiger partial charge in [-0.25, -0.2) is 0 Å². The molecule has 1 amide bonds. The first-order chi connectivity index (χ1) is 15.0. The predicted octanol–water partition coefficient (Wildman–Crippen LogP) is 5.43. The number of carbonyl (C=O) groups excluding carboxylic acids is 1. The highest BCUT2D eigenvalue weighted by Gasteiger charge is 2.51. The van der Waals surface area contributed by atoms with Gasteiger partial charge in [-0.1, -0.05) is 12.1 Å². The topological polar surface area (TPSA) is 56.8 Å². The molecule has 5 heteroatoms. The van der Waals surface area contributed by atoms with Gasteiger partial charge in [-0.3, -0.25) is 4.79 Å². The van der Waals surface area contributed by atoms with Gasteiger partial charge in [0.1, 0.15) is 0 Å². The highest BCUT2D eigenvalue weighted by Crippen LogP contribution is 2.60. The standard InChI is InChI=1S/C26H31NO4/c1-29-22-11-19(12-23(30-2)24(22)31-3)25(28)27-21-6-4-20(5-7-21)26-13-16-8-17(14-26)10-18(9-16)15-26/h4-7,11-12,16-18H,8-10,13-15H2,1-3H3,(H,27,28). The van der Waals surface area contributed by atoms with Gasteiger partial charge in [0.2, 0.25) is 5.75 Å². The number of rotatable bonds is 6. The minimum absolute atomic E-state index is 0.207. The van der Waals surface area contributed by atoms with Gasteiger partial charge in [-0.15, -0.1) is 0 Å². The molecule has 4 aliphatic carbocycles. The number of ether oxygens (including phenoxy) is 3. The van der Waals surface area contributed by atoms with Gasteiger partial charge in [0.25, 0.3) is 5.91 Å². The number of carbonyl (C=O) groups is 1. The van der Waals surface area contributed by atoms with Crippen LogP contribution >= 0.6 is 0 Å². The Morgan fingerprint density at radius 3 is 1.81 bits per heavy atom. The maximum Gasteiger partial charge on any atom is 0.255 e. The van der Waals surface area contributed by atoms with Crippen LogP contribution in [0.3, 0.4) is 0 Å². The minimum atomic E-state index is -0.207. The Balaban J connectivity index is 1.34. The third-order valence-electron chi connectivity index (χ3n) is 7.72. The van der Waals surface area contributed by atoms with Crippen LogP contribution in [0.15, 0.2) is 36.4 Å². The van der Waals surface area contributed by atoms with E-state index in [1.807, 2.05) is 12.1 Å². The molecule has 164 valence electrons. The molecule has 0 heterocycles. The average Bonchev–Trinajstić information content (AvgIpc) is 2.77. The Morgan fingerprint density at radius 1 is 0.839 bits per heavy atom. The fourth-order valence-electron chi connectivity index (χ4n) is 6.79. The Hall–Kier alpha value is -2.69. The summed E-state index contributed by atoms with van der Waals surface area (Å²) in [6.07, 6.45) is 8.37. The normalized spacial score (nSPS) is 28.3. The summed E-state index contributed by atoms with van der Waals surface area (Å²) in [6, 6.07) is 11.9. The van der Waals surface area contributed by atoms with Crippen molar-refractivity contribution in [3.8, 4) is 17.2 Å². The first-order valence-electron chi connectivity index (χ1n) is 11.3. The summed E-state index contributed by atoms with van der Waals surface area (Å²) in [6.45, 7) is 0. The van der Waals surface area contributed by atoms with Crippen molar-refractivity contribution in [1.29, 1.82) is 0 Å². The van der Waals surface area contributed by atoms with Gasteiger partial charge < -0.3 is 19.5 Å². The number of hydrogen-bond donors (Lipinski definition) is 1. The second-order valence-corrected chi connectivity index (χ2v) is 9.64. The van der Waals surface area contributed by atoms with Crippen molar-refractivity contribution in [2.75, 3.05) is 26.6 Å². The summed E-state index contributed by atoms with van der Waals surface area (Å²) < 4.78 is 16.1. The van der Waals surface area contributed by atoms with E-state index in [1.165, 1.54) is 44.1 Å². The molecule has 4 fully saturated rings. The Morgan fingerprint density at radius 2 is 1.35 bits per heavy atom. The maximum absolute atomic E-state index is 12.9. The number of benzene rings is 2. The fourth-order valence-corrected chi connectivity index (χ4v) is 6.79. The number of methoxy groups -OCH3 is 3. The van der Waals surface area contributed by atoms with Crippen LogP contribution in [0.5, 0.6) is 17.2 Å². The van der Waals surface area contributed by atoms with Crippen LogP contribution in [0.4, 0.5) is 5.69 Å². The lowest BCUT2D eigenvalue weighted by Crippen LogP contribution is -2.48. The van der Waals surface area contributed by atoms with Crippen molar-refractivity contribution in [3.05, 3.63) is 47.5 Å². The van der Waals surface area contributed by atoms with Crippen LogP contribution < -0.4 is 19.5 Å². The molecule has 2 aromatic rings. The lowest BCUT2D eigenvalue weighted by molar-refractivity contribution is -0.00518. The van der Waals surface area contributed by atoms with E-state index in [0.717, 1.165) is 23.4 Å². The number of amides is 1. The van der Waals surface area contributed by atoms with E-state index in [1.54, 1.807) is 33.5 Å². The molecule has 4 bridgehead atoms. The molecule has 0 unspecified atom stereocenters. The monoisotopic (exact) mass is 421 g/mol. The quantitative estimate of drug-likeness (QED) is 0.675. The number of hydrogen-bond acceptors (Lipinski definition) is 4. The van der Waals surface area contributed by atoms with E-state index >= 15 is 0 Å². The van der Waals surface area contributed by atoms with Gasteiger partial charge in [-0.05, 0) is 91.5 Å². The summed E-state index contributed by atoms with van der Waals surface area (Å²) in [4.78, 5) is 12.9. The lowest BCUT2D eigenvalue weighted by Gasteiger charge is -2.57. The third kappa shape index (κ3) is 3.54. The molecular weight excluding hydrogens is 390 g/mol. The van der Waals surface area contributed by atoms with Crippen molar-refractivity contribution >= 4 is 11.6 Å². The summed E-state index contributed by atoms with van der Waals surface area (Å²) >= 11 is 0. The van der Waals surface area contributed by atoms with Gasteiger partial charge in [0.15, 0.2) is 11.5 Å². The first-order valence-corrected chi connectivity index (χ1v) is 11.3. The van der Waals surface area contributed by atoms with E-state index in [2.05, 4.69) is 17.4 Å². The molecular formula is C26H31NO4. The molecule has 0 saturated heterocycles. The zero-order valence-electron chi connectivity index (χ0n) is 18.6. The van der Waals surface area contributed by atoms with Gasteiger partial charge in [0.05, 0.1) is 21.3 Å². The second kappa shape index (κ2) is 7.77. The van der Waals surface area contributed by atoms with Crippen molar-refractivity contribution in [2.45, 2.75) is 43.9 Å². The van der Waals surface area contributed by atoms with Gasteiger partial charge in [0, 0.05) is 11.3 Å². The molecule has 0 atom stereocenters. The minimum Gasteiger partial charge on any atom is -0.493 e. The van der Waals surface area contributed by atoms with Crippen LogP contribution in [0.1, 0.15) is 54.4 Å². The predicted molar refractivity (Wildman–Crippen MR) is 120 cm³/mol. The van der Waals surface area contributed by atoms with Crippen LogP contribution in [-0.2, 0) is 5.41 Å².